The molecule has 0 radical (unpaired) electrons. The smallest absolute Gasteiger partial charge is 0.778 e. The van der Waals surface area contributed by atoms with Gasteiger partial charge in [-0.2, -0.15) is 4.90 Å². The number of rotatable bonds is 0. The number of hydrogen-bond acceptors (Lipinski definition) is 2. The van der Waals surface area contributed by atoms with Crippen molar-refractivity contribution in [2.24, 2.45) is 0 Å². The zero-order chi connectivity index (χ0) is 8.55. The Morgan fingerprint density at radius 1 is 1.23 bits per heavy atom. The molecule has 0 fully saturated rings. The molecule has 0 aliphatic rings. The predicted octanol–water partition coefficient (Wildman–Crippen LogP) is -1.56. The number of para-hydroxylation sites is 1. The Hall–Kier alpha value is -0.350. The van der Waals surface area contributed by atoms with E-state index in [2.05, 4.69) is 4.98 Å². The summed E-state index contributed by atoms with van der Waals surface area (Å²) in [5.41, 5.74) is 0.760. The maximum Gasteiger partial charge on any atom is 1.00 e. The Labute approximate surface area is 103 Å². The largest absolute Gasteiger partial charge is 1.00 e. The number of hydrogen-bond donors (Lipinski definition) is 1. The van der Waals surface area contributed by atoms with Crippen molar-refractivity contribution in [2.45, 2.75) is 4.90 Å². The monoisotopic (exact) mass is 199 g/mol. The summed E-state index contributed by atoms with van der Waals surface area (Å²) in [6, 6.07) is 6.86. The number of pyridine rings is 1. The Bertz CT molecular complexity index is 480. The summed E-state index contributed by atoms with van der Waals surface area (Å²) in [5, 5.41) is 0.657. The van der Waals surface area contributed by atoms with Gasteiger partial charge in [0.1, 0.15) is 0 Å². The molecule has 0 unspecified atom stereocenters. The summed E-state index contributed by atoms with van der Waals surface area (Å²) < 4.78 is 0. The summed E-state index contributed by atoms with van der Waals surface area (Å²) >= 11 is 5.04. The molecular formula is C9H6NNaOS. The third-order valence-corrected chi connectivity index (χ3v) is 2.09. The van der Waals surface area contributed by atoms with E-state index < -0.39 is 0 Å². The normalized spacial score (nSPS) is 9.54. The molecule has 1 heterocycles. The van der Waals surface area contributed by atoms with E-state index in [9.17, 15) is 4.79 Å². The van der Waals surface area contributed by atoms with Gasteiger partial charge in [-0.05, 0) is 6.07 Å². The molecule has 0 aliphatic heterocycles. The number of H-pyrrole nitrogens is 1. The van der Waals surface area contributed by atoms with E-state index in [0.29, 0.717) is 10.3 Å². The van der Waals surface area contributed by atoms with Crippen molar-refractivity contribution in [1.29, 1.82) is 0 Å². The van der Waals surface area contributed by atoms with Crippen molar-refractivity contribution in [1.82, 2.24) is 4.98 Å². The van der Waals surface area contributed by atoms with E-state index in [1.54, 1.807) is 24.4 Å². The number of fused-ring (bicyclic) bond motifs is 1. The molecule has 0 aliphatic carbocycles. The molecule has 0 saturated carbocycles. The van der Waals surface area contributed by atoms with Crippen LogP contribution in [0.15, 0.2) is 40.2 Å². The summed E-state index contributed by atoms with van der Waals surface area (Å²) in [7, 11) is 0. The molecule has 2 aromatic rings. The van der Waals surface area contributed by atoms with Crippen LogP contribution in [-0.2, 0) is 12.6 Å². The maximum absolute atomic E-state index is 11.3. The van der Waals surface area contributed by atoms with E-state index in [0.717, 1.165) is 5.52 Å². The van der Waals surface area contributed by atoms with Gasteiger partial charge in [0, 0.05) is 23.2 Å². The van der Waals surface area contributed by atoms with Gasteiger partial charge in [0.05, 0.1) is 0 Å². The van der Waals surface area contributed by atoms with Crippen LogP contribution in [0.5, 0.6) is 0 Å². The first-order chi connectivity index (χ1) is 5.79. The van der Waals surface area contributed by atoms with Gasteiger partial charge < -0.3 is 17.6 Å². The van der Waals surface area contributed by atoms with Crippen molar-refractivity contribution in [3.8, 4) is 0 Å². The van der Waals surface area contributed by atoms with E-state index in [4.69, 9.17) is 12.6 Å². The van der Waals surface area contributed by atoms with Crippen molar-refractivity contribution < 1.29 is 29.6 Å². The van der Waals surface area contributed by atoms with Crippen LogP contribution in [-0.4, -0.2) is 4.98 Å². The number of aromatic nitrogens is 1. The number of aromatic amines is 1. The SMILES string of the molecule is O=c1cc[nH]c2c([S-])cccc12.[Na+]. The van der Waals surface area contributed by atoms with Gasteiger partial charge in [-0.25, -0.2) is 0 Å². The van der Waals surface area contributed by atoms with Crippen molar-refractivity contribution in [3.05, 3.63) is 40.7 Å². The van der Waals surface area contributed by atoms with Gasteiger partial charge in [0.25, 0.3) is 0 Å². The van der Waals surface area contributed by atoms with Gasteiger partial charge in [-0.1, -0.05) is 12.1 Å². The molecule has 0 atom stereocenters. The minimum absolute atomic E-state index is 0. The molecule has 0 amide bonds. The van der Waals surface area contributed by atoms with Crippen LogP contribution >= 0.6 is 0 Å². The van der Waals surface area contributed by atoms with Gasteiger partial charge >= 0.3 is 29.6 Å². The van der Waals surface area contributed by atoms with Crippen molar-refractivity contribution >= 4 is 23.5 Å². The zero-order valence-electron chi connectivity index (χ0n) is 7.20. The average Bonchev–Trinajstić information content (AvgIpc) is 2.07. The topological polar surface area (TPSA) is 32.9 Å². The minimum atomic E-state index is 0. The fraction of sp³-hybridized carbons (Fsp3) is 0. The van der Waals surface area contributed by atoms with Crippen LogP contribution in [0.2, 0.25) is 0 Å². The maximum atomic E-state index is 11.3. The van der Waals surface area contributed by atoms with Crippen LogP contribution < -0.4 is 35.0 Å². The van der Waals surface area contributed by atoms with Gasteiger partial charge in [0.15, 0.2) is 5.43 Å². The first-order valence-electron chi connectivity index (χ1n) is 3.56. The van der Waals surface area contributed by atoms with Gasteiger partial charge in [-0.3, -0.25) is 4.79 Å². The molecule has 2 nitrogen and oxygen atoms in total. The average molecular weight is 199 g/mol. The van der Waals surface area contributed by atoms with Crippen LogP contribution in [0.4, 0.5) is 0 Å². The molecule has 1 N–H and O–H groups in total. The summed E-state index contributed by atoms with van der Waals surface area (Å²) in [6.07, 6.45) is 1.61. The number of nitrogens with one attached hydrogen (secondary N) is 1. The molecule has 0 saturated heterocycles. The fourth-order valence-corrected chi connectivity index (χ4v) is 1.42. The summed E-state index contributed by atoms with van der Waals surface area (Å²) in [6.45, 7) is 0. The van der Waals surface area contributed by atoms with Crippen molar-refractivity contribution in [2.75, 3.05) is 0 Å². The zero-order valence-corrected chi connectivity index (χ0v) is 10.0. The summed E-state index contributed by atoms with van der Waals surface area (Å²) in [4.78, 5) is 14.9. The Morgan fingerprint density at radius 2 is 2.00 bits per heavy atom. The molecule has 1 aromatic heterocycles. The molecule has 13 heavy (non-hydrogen) atoms. The van der Waals surface area contributed by atoms with Crippen LogP contribution in [0.3, 0.4) is 0 Å². The molecule has 60 valence electrons. The minimum Gasteiger partial charge on any atom is -0.778 e. The first kappa shape index (κ1) is 10.7. The second kappa shape index (κ2) is 4.24. The van der Waals surface area contributed by atoms with Crippen molar-refractivity contribution in [3.63, 3.8) is 0 Å². The molecule has 2 rings (SSSR count). The molecule has 4 heteroatoms. The van der Waals surface area contributed by atoms with Gasteiger partial charge in [-0.15, -0.1) is 0 Å². The standard InChI is InChI=1S/C9H7NOS.Na/c11-7-4-5-10-9-6(7)2-1-3-8(9)12;/h1-5,12H,(H,10,11);/q;+1/p-1. The third kappa shape index (κ3) is 1.94. The molecular weight excluding hydrogens is 193 g/mol. The Balaban J connectivity index is 0.000000845. The summed E-state index contributed by atoms with van der Waals surface area (Å²) in [5.74, 6) is 0. The van der Waals surface area contributed by atoms with Crippen LogP contribution in [0, 0.1) is 0 Å². The molecule has 1 aromatic carbocycles. The first-order valence-corrected chi connectivity index (χ1v) is 3.97. The predicted molar refractivity (Wildman–Crippen MR) is 50.2 cm³/mol. The quantitative estimate of drug-likeness (QED) is 0.411. The van der Waals surface area contributed by atoms with E-state index >= 15 is 0 Å². The third-order valence-electron chi connectivity index (χ3n) is 1.75. The fourth-order valence-electron chi connectivity index (χ4n) is 1.18. The Morgan fingerprint density at radius 3 is 2.69 bits per heavy atom. The van der Waals surface area contributed by atoms with E-state index in [1.807, 2.05) is 0 Å². The van der Waals surface area contributed by atoms with E-state index in [-0.39, 0.29) is 35.0 Å². The number of benzene rings is 1. The van der Waals surface area contributed by atoms with Crippen LogP contribution in [0.25, 0.3) is 10.9 Å². The second-order valence-electron chi connectivity index (χ2n) is 2.52. The van der Waals surface area contributed by atoms with E-state index in [1.165, 1.54) is 6.07 Å². The Kier molecular flexibility index (Phi) is 3.50. The van der Waals surface area contributed by atoms with Gasteiger partial charge in [0.2, 0.25) is 0 Å². The van der Waals surface area contributed by atoms with Crippen LogP contribution in [0.1, 0.15) is 0 Å². The molecule has 0 spiro atoms. The molecule has 0 bridgehead atoms. The second-order valence-corrected chi connectivity index (χ2v) is 2.96.